The van der Waals surface area contributed by atoms with Gasteiger partial charge in [0.15, 0.2) is 0 Å². The SMILES string of the molecule is CCC1CCCCC1(N)c1cc(F)ccc1F. The predicted octanol–water partition coefficient (Wildman–Crippen LogP) is 3.72. The molecule has 1 aromatic rings. The van der Waals surface area contributed by atoms with Crippen molar-refractivity contribution in [2.75, 3.05) is 0 Å². The zero-order valence-electron chi connectivity index (χ0n) is 10.2. The van der Waals surface area contributed by atoms with Crippen LogP contribution in [0.15, 0.2) is 18.2 Å². The highest BCUT2D eigenvalue weighted by atomic mass is 19.1. The standard InChI is InChI=1S/C14H19F2N/c1-2-10-5-3-4-8-14(10,17)12-9-11(15)6-7-13(12)16/h6-7,9-10H,2-5,8,17H2,1H3. The summed E-state index contributed by atoms with van der Waals surface area (Å²) in [5.41, 5.74) is 6.05. The average molecular weight is 239 g/mol. The van der Waals surface area contributed by atoms with Gasteiger partial charge >= 0.3 is 0 Å². The lowest BCUT2D eigenvalue weighted by Crippen LogP contribution is -2.46. The molecule has 2 rings (SSSR count). The highest BCUT2D eigenvalue weighted by molar-refractivity contribution is 5.28. The van der Waals surface area contributed by atoms with E-state index in [0.717, 1.165) is 38.2 Å². The number of benzene rings is 1. The van der Waals surface area contributed by atoms with Crippen LogP contribution in [0.25, 0.3) is 0 Å². The molecule has 0 spiro atoms. The maximum atomic E-state index is 13.9. The molecule has 17 heavy (non-hydrogen) atoms. The van der Waals surface area contributed by atoms with E-state index in [1.165, 1.54) is 12.1 Å². The van der Waals surface area contributed by atoms with E-state index >= 15 is 0 Å². The van der Waals surface area contributed by atoms with Crippen LogP contribution in [-0.4, -0.2) is 0 Å². The van der Waals surface area contributed by atoms with Crippen molar-refractivity contribution in [2.45, 2.75) is 44.6 Å². The second-order valence-electron chi connectivity index (χ2n) is 5.02. The van der Waals surface area contributed by atoms with Gasteiger partial charge in [-0.2, -0.15) is 0 Å². The van der Waals surface area contributed by atoms with Crippen LogP contribution in [-0.2, 0) is 5.54 Å². The smallest absolute Gasteiger partial charge is 0.128 e. The first-order chi connectivity index (χ1) is 8.08. The van der Waals surface area contributed by atoms with Gasteiger partial charge in [-0.05, 0) is 37.0 Å². The Labute approximate surface area is 101 Å². The topological polar surface area (TPSA) is 26.0 Å². The molecule has 1 nitrogen and oxygen atoms in total. The molecule has 2 N–H and O–H groups in total. The fraction of sp³-hybridized carbons (Fsp3) is 0.571. The van der Waals surface area contributed by atoms with E-state index in [4.69, 9.17) is 5.73 Å². The van der Waals surface area contributed by atoms with Crippen molar-refractivity contribution in [1.82, 2.24) is 0 Å². The molecule has 0 heterocycles. The van der Waals surface area contributed by atoms with Gasteiger partial charge in [0.05, 0.1) is 0 Å². The molecule has 1 saturated carbocycles. The first-order valence-corrected chi connectivity index (χ1v) is 6.32. The molecule has 2 unspecified atom stereocenters. The van der Waals surface area contributed by atoms with Crippen molar-refractivity contribution in [3.8, 4) is 0 Å². The molecule has 1 aliphatic rings. The van der Waals surface area contributed by atoms with Gasteiger partial charge in [0.25, 0.3) is 0 Å². The van der Waals surface area contributed by atoms with Crippen LogP contribution >= 0.6 is 0 Å². The minimum Gasteiger partial charge on any atom is -0.321 e. The summed E-state index contributed by atoms with van der Waals surface area (Å²) in [6.07, 6.45) is 4.78. The highest BCUT2D eigenvalue weighted by Crippen LogP contribution is 2.42. The molecule has 1 aliphatic carbocycles. The molecular weight excluding hydrogens is 220 g/mol. The van der Waals surface area contributed by atoms with Gasteiger partial charge in [-0.1, -0.05) is 26.2 Å². The lowest BCUT2D eigenvalue weighted by molar-refractivity contribution is 0.178. The summed E-state index contributed by atoms with van der Waals surface area (Å²) in [5.74, 6) is -0.548. The molecule has 1 aromatic carbocycles. The Morgan fingerprint density at radius 3 is 2.82 bits per heavy atom. The molecule has 2 atom stereocenters. The number of nitrogens with two attached hydrogens (primary N) is 1. The molecule has 3 heteroatoms. The molecule has 0 saturated heterocycles. The lowest BCUT2D eigenvalue weighted by Gasteiger charge is -2.41. The highest BCUT2D eigenvalue weighted by Gasteiger charge is 2.39. The molecule has 0 aromatic heterocycles. The van der Waals surface area contributed by atoms with Crippen LogP contribution in [0.3, 0.4) is 0 Å². The fourth-order valence-corrected chi connectivity index (χ4v) is 3.05. The summed E-state index contributed by atoms with van der Waals surface area (Å²) in [5, 5.41) is 0. The second-order valence-corrected chi connectivity index (χ2v) is 5.02. The van der Waals surface area contributed by atoms with Crippen LogP contribution in [0.4, 0.5) is 8.78 Å². The van der Waals surface area contributed by atoms with E-state index in [0.29, 0.717) is 5.56 Å². The molecule has 94 valence electrons. The maximum absolute atomic E-state index is 13.9. The van der Waals surface area contributed by atoms with Crippen LogP contribution < -0.4 is 5.73 Å². The summed E-state index contributed by atoms with van der Waals surface area (Å²) in [6, 6.07) is 3.59. The van der Waals surface area contributed by atoms with Crippen LogP contribution in [0.2, 0.25) is 0 Å². The first-order valence-electron chi connectivity index (χ1n) is 6.32. The van der Waals surface area contributed by atoms with Crippen LogP contribution in [0.5, 0.6) is 0 Å². The van der Waals surface area contributed by atoms with Gasteiger partial charge in [-0.25, -0.2) is 8.78 Å². The van der Waals surface area contributed by atoms with E-state index in [1.54, 1.807) is 0 Å². The van der Waals surface area contributed by atoms with E-state index in [-0.39, 0.29) is 11.7 Å². The van der Waals surface area contributed by atoms with Crippen molar-refractivity contribution in [3.63, 3.8) is 0 Å². The van der Waals surface area contributed by atoms with Gasteiger partial charge in [-0.3, -0.25) is 0 Å². The molecule has 1 fully saturated rings. The van der Waals surface area contributed by atoms with Crippen molar-refractivity contribution in [2.24, 2.45) is 11.7 Å². The predicted molar refractivity (Wildman–Crippen MR) is 64.5 cm³/mol. The summed E-state index contributed by atoms with van der Waals surface area (Å²) in [6.45, 7) is 2.06. The zero-order chi connectivity index (χ0) is 12.5. The van der Waals surface area contributed by atoms with E-state index in [9.17, 15) is 8.78 Å². The van der Waals surface area contributed by atoms with E-state index in [2.05, 4.69) is 6.92 Å². The van der Waals surface area contributed by atoms with Gasteiger partial charge in [0.2, 0.25) is 0 Å². The van der Waals surface area contributed by atoms with Gasteiger partial charge in [0.1, 0.15) is 11.6 Å². The van der Waals surface area contributed by atoms with E-state index in [1.807, 2.05) is 0 Å². The van der Waals surface area contributed by atoms with Gasteiger partial charge in [0, 0.05) is 11.1 Å². The minimum absolute atomic E-state index is 0.243. The number of rotatable bonds is 2. The fourth-order valence-electron chi connectivity index (χ4n) is 3.05. The Morgan fingerprint density at radius 1 is 1.35 bits per heavy atom. The molecular formula is C14H19F2N. The Hall–Kier alpha value is -0.960. The largest absolute Gasteiger partial charge is 0.321 e. The molecule has 0 amide bonds. The van der Waals surface area contributed by atoms with Crippen molar-refractivity contribution in [3.05, 3.63) is 35.4 Å². The Bertz CT molecular complexity index is 405. The summed E-state index contributed by atoms with van der Waals surface area (Å²) in [7, 11) is 0. The van der Waals surface area contributed by atoms with Gasteiger partial charge in [-0.15, -0.1) is 0 Å². The Morgan fingerprint density at radius 2 is 2.12 bits per heavy atom. The number of hydrogen-bond acceptors (Lipinski definition) is 1. The van der Waals surface area contributed by atoms with Crippen molar-refractivity contribution < 1.29 is 8.78 Å². The van der Waals surface area contributed by atoms with Crippen LogP contribution in [0.1, 0.15) is 44.6 Å². The molecule has 0 bridgehead atoms. The molecule has 0 aliphatic heterocycles. The lowest BCUT2D eigenvalue weighted by atomic mass is 9.68. The monoisotopic (exact) mass is 239 g/mol. The quantitative estimate of drug-likeness (QED) is 0.836. The second kappa shape index (κ2) is 4.73. The normalized spacial score (nSPS) is 29.3. The minimum atomic E-state index is -0.695. The third-order valence-electron chi connectivity index (χ3n) is 4.04. The van der Waals surface area contributed by atoms with Crippen molar-refractivity contribution in [1.29, 1.82) is 0 Å². The van der Waals surface area contributed by atoms with Crippen molar-refractivity contribution >= 4 is 0 Å². The Balaban J connectivity index is 2.44. The maximum Gasteiger partial charge on any atom is 0.128 e. The third-order valence-corrected chi connectivity index (χ3v) is 4.04. The number of hydrogen-bond donors (Lipinski definition) is 1. The van der Waals surface area contributed by atoms with E-state index < -0.39 is 11.4 Å². The third kappa shape index (κ3) is 2.21. The zero-order valence-corrected chi connectivity index (χ0v) is 10.2. The molecule has 0 radical (unpaired) electrons. The summed E-state index contributed by atoms with van der Waals surface area (Å²) < 4.78 is 27.1. The average Bonchev–Trinajstić information content (AvgIpc) is 2.33. The van der Waals surface area contributed by atoms with Gasteiger partial charge < -0.3 is 5.73 Å². The summed E-state index contributed by atoms with van der Waals surface area (Å²) >= 11 is 0. The summed E-state index contributed by atoms with van der Waals surface area (Å²) in [4.78, 5) is 0. The van der Waals surface area contributed by atoms with Crippen LogP contribution in [0, 0.1) is 17.6 Å². The number of halogens is 2. The Kier molecular flexibility index (Phi) is 3.48. The first kappa shape index (κ1) is 12.5.